The van der Waals surface area contributed by atoms with Crippen LogP contribution in [0.1, 0.15) is 12.8 Å². The molecule has 6 nitrogen and oxygen atoms in total. The molecule has 1 aromatic heterocycles. The summed E-state index contributed by atoms with van der Waals surface area (Å²) in [5.74, 6) is 1.09. The maximum absolute atomic E-state index is 12.9. The SMILES string of the molecule is O=C(COc1ccc2c(=O)c(Oc3ccc(-c4ccccc4)cc3)coc2c1)N1CCCC1. The van der Waals surface area contributed by atoms with Gasteiger partial charge in [-0.1, -0.05) is 42.5 Å². The van der Waals surface area contributed by atoms with E-state index < -0.39 is 0 Å². The number of rotatable bonds is 6. The zero-order valence-electron chi connectivity index (χ0n) is 18.0. The third-order valence-electron chi connectivity index (χ3n) is 5.72. The van der Waals surface area contributed by atoms with E-state index in [0.717, 1.165) is 37.1 Å². The summed E-state index contributed by atoms with van der Waals surface area (Å²) in [5.41, 5.74) is 2.26. The lowest BCUT2D eigenvalue weighted by Gasteiger charge is -2.15. The van der Waals surface area contributed by atoms with Crippen LogP contribution in [0, 0.1) is 0 Å². The highest BCUT2D eigenvalue weighted by molar-refractivity contribution is 5.80. The Labute approximate surface area is 191 Å². The number of benzene rings is 3. The summed E-state index contributed by atoms with van der Waals surface area (Å²) < 4.78 is 17.0. The molecular formula is C27H23NO5. The van der Waals surface area contributed by atoms with E-state index in [1.54, 1.807) is 23.1 Å². The Morgan fingerprint density at radius 2 is 1.58 bits per heavy atom. The number of ether oxygens (including phenoxy) is 2. The first-order chi connectivity index (χ1) is 16.2. The smallest absolute Gasteiger partial charge is 0.260 e. The predicted molar refractivity (Wildman–Crippen MR) is 126 cm³/mol. The molecule has 0 bridgehead atoms. The van der Waals surface area contributed by atoms with Crippen molar-refractivity contribution in [2.75, 3.05) is 19.7 Å². The maximum Gasteiger partial charge on any atom is 0.260 e. The first kappa shape index (κ1) is 20.8. The van der Waals surface area contributed by atoms with Gasteiger partial charge in [-0.25, -0.2) is 0 Å². The molecule has 166 valence electrons. The molecule has 0 N–H and O–H groups in total. The molecule has 0 atom stereocenters. The molecule has 1 saturated heterocycles. The van der Waals surface area contributed by atoms with Crippen LogP contribution in [0.15, 0.2) is 88.3 Å². The van der Waals surface area contributed by atoms with Gasteiger partial charge in [0.15, 0.2) is 6.61 Å². The number of likely N-dealkylation sites (tertiary alicyclic amines) is 1. The molecule has 1 fully saturated rings. The number of carbonyl (C=O) groups excluding carboxylic acids is 1. The highest BCUT2D eigenvalue weighted by Crippen LogP contribution is 2.26. The zero-order chi connectivity index (χ0) is 22.6. The van der Waals surface area contributed by atoms with E-state index in [4.69, 9.17) is 13.9 Å². The van der Waals surface area contributed by atoms with Crippen LogP contribution in [-0.4, -0.2) is 30.5 Å². The van der Waals surface area contributed by atoms with E-state index in [-0.39, 0.29) is 23.7 Å². The van der Waals surface area contributed by atoms with Gasteiger partial charge in [0.1, 0.15) is 23.3 Å². The van der Waals surface area contributed by atoms with Gasteiger partial charge in [-0.2, -0.15) is 0 Å². The Hall–Kier alpha value is -4.06. The minimum atomic E-state index is -0.275. The molecule has 4 aromatic rings. The summed E-state index contributed by atoms with van der Waals surface area (Å²) in [6, 6.07) is 22.5. The highest BCUT2D eigenvalue weighted by atomic mass is 16.5. The van der Waals surface area contributed by atoms with E-state index >= 15 is 0 Å². The lowest BCUT2D eigenvalue weighted by molar-refractivity contribution is -0.132. The summed E-state index contributed by atoms with van der Waals surface area (Å²) in [7, 11) is 0. The second-order valence-electron chi connectivity index (χ2n) is 7.96. The first-order valence-electron chi connectivity index (χ1n) is 11.0. The lowest BCUT2D eigenvalue weighted by Crippen LogP contribution is -2.32. The molecule has 33 heavy (non-hydrogen) atoms. The van der Waals surface area contributed by atoms with Gasteiger partial charge in [-0.05, 0) is 48.2 Å². The van der Waals surface area contributed by atoms with Crippen LogP contribution < -0.4 is 14.9 Å². The Morgan fingerprint density at radius 1 is 0.879 bits per heavy atom. The van der Waals surface area contributed by atoms with Crippen molar-refractivity contribution in [3.05, 3.63) is 89.3 Å². The lowest BCUT2D eigenvalue weighted by atomic mass is 10.1. The predicted octanol–water partition coefficient (Wildman–Crippen LogP) is 5.25. The minimum Gasteiger partial charge on any atom is -0.484 e. The van der Waals surface area contributed by atoms with Gasteiger partial charge in [0.05, 0.1) is 5.39 Å². The zero-order valence-corrected chi connectivity index (χ0v) is 18.0. The van der Waals surface area contributed by atoms with Gasteiger partial charge >= 0.3 is 0 Å². The third-order valence-corrected chi connectivity index (χ3v) is 5.72. The molecule has 6 heteroatoms. The molecule has 0 spiro atoms. The average molecular weight is 441 g/mol. The largest absolute Gasteiger partial charge is 0.484 e. The summed E-state index contributed by atoms with van der Waals surface area (Å²) >= 11 is 0. The number of nitrogens with zero attached hydrogens (tertiary/aromatic N) is 1. The van der Waals surface area contributed by atoms with Crippen LogP contribution in [0.3, 0.4) is 0 Å². The van der Waals surface area contributed by atoms with Gasteiger partial charge in [-0.3, -0.25) is 9.59 Å². The van der Waals surface area contributed by atoms with Gasteiger partial charge in [0.2, 0.25) is 11.2 Å². The minimum absolute atomic E-state index is 0.0314. The van der Waals surface area contributed by atoms with Crippen LogP contribution in [-0.2, 0) is 4.79 Å². The van der Waals surface area contributed by atoms with Crippen molar-refractivity contribution in [1.82, 2.24) is 4.90 Å². The normalized spacial score (nSPS) is 13.3. The quantitative estimate of drug-likeness (QED) is 0.409. The molecule has 0 saturated carbocycles. The maximum atomic E-state index is 12.9. The highest BCUT2D eigenvalue weighted by Gasteiger charge is 2.18. The number of hydrogen-bond acceptors (Lipinski definition) is 5. The molecule has 5 rings (SSSR count). The van der Waals surface area contributed by atoms with Crippen LogP contribution in [0.4, 0.5) is 0 Å². The Bertz CT molecular complexity index is 1320. The fourth-order valence-electron chi connectivity index (χ4n) is 3.93. The molecule has 1 aliphatic heterocycles. The Balaban J connectivity index is 1.29. The number of fused-ring (bicyclic) bond motifs is 1. The monoisotopic (exact) mass is 441 g/mol. The Kier molecular flexibility index (Phi) is 5.81. The third kappa shape index (κ3) is 4.60. The van der Waals surface area contributed by atoms with E-state index in [1.165, 1.54) is 6.26 Å². The number of carbonyl (C=O) groups is 1. The molecule has 3 aromatic carbocycles. The van der Waals surface area contributed by atoms with Crippen molar-refractivity contribution in [3.63, 3.8) is 0 Å². The fourth-order valence-corrected chi connectivity index (χ4v) is 3.93. The van der Waals surface area contributed by atoms with Crippen molar-refractivity contribution in [2.24, 2.45) is 0 Å². The van der Waals surface area contributed by atoms with Crippen LogP contribution in [0.25, 0.3) is 22.1 Å². The molecule has 0 aliphatic carbocycles. The summed E-state index contributed by atoms with van der Waals surface area (Å²) in [6.07, 6.45) is 3.37. The molecule has 0 unspecified atom stereocenters. The van der Waals surface area contributed by atoms with E-state index in [1.807, 2.05) is 54.6 Å². The van der Waals surface area contributed by atoms with Crippen LogP contribution in [0.2, 0.25) is 0 Å². The number of hydrogen-bond donors (Lipinski definition) is 0. The van der Waals surface area contributed by atoms with Crippen LogP contribution in [0.5, 0.6) is 17.2 Å². The number of amides is 1. The molecular weight excluding hydrogens is 418 g/mol. The molecule has 0 radical (unpaired) electrons. The van der Waals surface area contributed by atoms with Crippen molar-refractivity contribution >= 4 is 16.9 Å². The fraction of sp³-hybridized carbons (Fsp3) is 0.185. The van der Waals surface area contributed by atoms with Crippen molar-refractivity contribution < 1.29 is 18.7 Å². The average Bonchev–Trinajstić information content (AvgIpc) is 3.41. The van der Waals surface area contributed by atoms with Crippen LogP contribution >= 0.6 is 0 Å². The summed E-state index contributed by atoms with van der Waals surface area (Å²) in [5, 5.41) is 0.381. The summed E-state index contributed by atoms with van der Waals surface area (Å²) in [6.45, 7) is 1.54. The topological polar surface area (TPSA) is 69.0 Å². The van der Waals surface area contributed by atoms with E-state index in [9.17, 15) is 9.59 Å². The van der Waals surface area contributed by atoms with Crippen molar-refractivity contribution in [3.8, 4) is 28.4 Å². The van der Waals surface area contributed by atoms with E-state index in [0.29, 0.717) is 22.5 Å². The van der Waals surface area contributed by atoms with Gasteiger partial charge in [0.25, 0.3) is 5.91 Å². The molecule has 2 heterocycles. The van der Waals surface area contributed by atoms with Gasteiger partial charge in [0, 0.05) is 19.2 Å². The first-order valence-corrected chi connectivity index (χ1v) is 11.0. The van der Waals surface area contributed by atoms with Gasteiger partial charge in [-0.15, -0.1) is 0 Å². The standard InChI is InChI=1S/C27H23NO5/c29-26(28-14-4-5-15-28)18-31-22-12-13-23-24(16-22)32-17-25(27(23)30)33-21-10-8-20(9-11-21)19-6-2-1-3-7-19/h1-3,6-13,16-17H,4-5,14-15,18H2. The molecule has 1 amide bonds. The Morgan fingerprint density at radius 3 is 2.33 bits per heavy atom. The summed E-state index contributed by atoms with van der Waals surface area (Å²) in [4.78, 5) is 26.9. The van der Waals surface area contributed by atoms with Crippen molar-refractivity contribution in [2.45, 2.75) is 12.8 Å². The second-order valence-corrected chi connectivity index (χ2v) is 7.96. The van der Waals surface area contributed by atoms with E-state index in [2.05, 4.69) is 0 Å². The second kappa shape index (κ2) is 9.20. The van der Waals surface area contributed by atoms with Gasteiger partial charge < -0.3 is 18.8 Å². The molecule has 1 aliphatic rings. The van der Waals surface area contributed by atoms with Crippen molar-refractivity contribution in [1.29, 1.82) is 0 Å².